The van der Waals surface area contributed by atoms with Crippen molar-refractivity contribution in [1.82, 2.24) is 0 Å². The number of esters is 1. The maximum Gasteiger partial charge on any atom is 0.365 e. The Hall–Kier alpha value is -1.28. The first-order valence-electron chi connectivity index (χ1n) is 7.28. The van der Waals surface area contributed by atoms with Crippen molar-refractivity contribution in [3.05, 3.63) is 28.2 Å². The molecule has 1 fully saturated rings. The Kier molecular flexibility index (Phi) is 6.51. The van der Waals surface area contributed by atoms with Crippen LogP contribution in [0.15, 0.2) is 18.2 Å². The summed E-state index contributed by atoms with van der Waals surface area (Å²) in [4.78, 5) is 37.3. The average Bonchev–Trinajstić information content (AvgIpc) is 2.82. The topological polar surface area (TPSA) is 91.3 Å². The third kappa shape index (κ3) is 4.22. The molecule has 1 aliphatic rings. The first-order valence-corrected chi connectivity index (χ1v) is 9.08. The smallest absolute Gasteiger partial charge is 0.365 e. The number of quaternary nitrogens is 1. The van der Waals surface area contributed by atoms with Crippen LogP contribution in [-0.4, -0.2) is 41.4 Å². The standard InChI is InChI=1S/C15H16Cl2N2O4S/c1-2-23-15(22)11(18)7-24-12-6-13(20)19(14(12)21)8-3-4-9(16)10(17)5-8/h3-5,11-12H,2,6-7,18H2,1H3/p+1/t11-,12-/m0/s1. The van der Waals surface area contributed by atoms with E-state index in [2.05, 4.69) is 5.73 Å². The van der Waals surface area contributed by atoms with Crippen molar-refractivity contribution >= 4 is 58.4 Å². The van der Waals surface area contributed by atoms with Gasteiger partial charge in [0.1, 0.15) is 0 Å². The number of hydrogen-bond donors (Lipinski definition) is 1. The molecule has 1 saturated heterocycles. The lowest BCUT2D eigenvalue weighted by Crippen LogP contribution is -2.66. The molecule has 1 aromatic rings. The summed E-state index contributed by atoms with van der Waals surface area (Å²) in [6, 6.07) is 4.00. The van der Waals surface area contributed by atoms with Crippen LogP contribution in [0.3, 0.4) is 0 Å². The van der Waals surface area contributed by atoms with Crippen molar-refractivity contribution in [3.8, 4) is 0 Å². The summed E-state index contributed by atoms with van der Waals surface area (Å²) in [5, 5.41) is 0.0661. The van der Waals surface area contributed by atoms with Crippen LogP contribution in [0.1, 0.15) is 13.3 Å². The summed E-state index contributed by atoms with van der Waals surface area (Å²) in [7, 11) is 0. The molecule has 0 radical (unpaired) electrons. The SMILES string of the molecule is CCOC(=O)[C@@H]([NH3+])CS[C@H]1CC(=O)N(c2ccc(Cl)c(Cl)c2)C1=O. The lowest BCUT2D eigenvalue weighted by Gasteiger charge is -2.16. The summed E-state index contributed by atoms with van der Waals surface area (Å²) in [5.41, 5.74) is 4.11. The maximum atomic E-state index is 12.5. The second-order valence-electron chi connectivity index (χ2n) is 5.14. The Morgan fingerprint density at radius 1 is 1.42 bits per heavy atom. The van der Waals surface area contributed by atoms with Gasteiger partial charge in [0.05, 0.1) is 33.3 Å². The first kappa shape index (κ1) is 19.1. The Labute approximate surface area is 153 Å². The van der Waals surface area contributed by atoms with Crippen LogP contribution < -0.4 is 10.6 Å². The van der Waals surface area contributed by atoms with E-state index >= 15 is 0 Å². The third-order valence-electron chi connectivity index (χ3n) is 3.39. The number of amides is 2. The van der Waals surface area contributed by atoms with Gasteiger partial charge in [0, 0.05) is 6.42 Å². The van der Waals surface area contributed by atoms with Crippen molar-refractivity contribution in [1.29, 1.82) is 0 Å². The van der Waals surface area contributed by atoms with Gasteiger partial charge in [0.25, 0.3) is 0 Å². The second kappa shape index (κ2) is 8.20. The maximum absolute atomic E-state index is 12.5. The number of anilines is 1. The molecular formula is C15H17Cl2N2O4S+. The number of nitrogens with zero attached hydrogens (tertiary/aromatic N) is 1. The predicted molar refractivity (Wildman–Crippen MR) is 93.1 cm³/mol. The van der Waals surface area contributed by atoms with E-state index in [0.717, 1.165) is 4.90 Å². The fraction of sp³-hybridized carbons (Fsp3) is 0.400. The highest BCUT2D eigenvalue weighted by molar-refractivity contribution is 8.00. The van der Waals surface area contributed by atoms with Crippen molar-refractivity contribution < 1.29 is 24.9 Å². The van der Waals surface area contributed by atoms with Crippen LogP contribution >= 0.6 is 35.0 Å². The summed E-state index contributed by atoms with van der Waals surface area (Å²) in [6.07, 6.45) is 0.0687. The van der Waals surface area contributed by atoms with E-state index in [-0.39, 0.29) is 29.9 Å². The molecule has 2 rings (SSSR count). The molecular weight excluding hydrogens is 375 g/mol. The van der Waals surface area contributed by atoms with E-state index in [1.807, 2.05) is 0 Å². The predicted octanol–water partition coefficient (Wildman–Crippen LogP) is 1.53. The summed E-state index contributed by atoms with van der Waals surface area (Å²) in [6.45, 7) is 1.99. The molecule has 3 N–H and O–H groups in total. The molecule has 0 aromatic heterocycles. The molecule has 1 heterocycles. The van der Waals surface area contributed by atoms with E-state index in [4.69, 9.17) is 27.9 Å². The van der Waals surface area contributed by atoms with E-state index in [1.165, 1.54) is 23.9 Å². The van der Waals surface area contributed by atoms with Crippen LogP contribution in [0.25, 0.3) is 0 Å². The van der Waals surface area contributed by atoms with Crippen LogP contribution in [0.2, 0.25) is 10.0 Å². The number of carbonyl (C=O) groups excluding carboxylic acids is 3. The van der Waals surface area contributed by atoms with E-state index in [1.54, 1.807) is 13.0 Å². The van der Waals surface area contributed by atoms with Gasteiger partial charge in [-0.15, -0.1) is 11.8 Å². The largest absolute Gasteiger partial charge is 0.462 e. The average molecular weight is 392 g/mol. The third-order valence-corrected chi connectivity index (χ3v) is 5.49. The number of carbonyl (C=O) groups is 3. The minimum absolute atomic E-state index is 0.0687. The second-order valence-corrected chi connectivity index (χ2v) is 7.19. The molecule has 2 atom stereocenters. The molecule has 1 aliphatic heterocycles. The van der Waals surface area contributed by atoms with Gasteiger partial charge in [0.2, 0.25) is 11.8 Å². The fourth-order valence-electron chi connectivity index (χ4n) is 2.19. The lowest BCUT2D eigenvalue weighted by atomic mass is 10.3. The van der Waals surface area contributed by atoms with Gasteiger partial charge in [-0.3, -0.25) is 9.59 Å². The zero-order valence-corrected chi connectivity index (χ0v) is 15.3. The van der Waals surface area contributed by atoms with Crippen LogP contribution in [-0.2, 0) is 19.1 Å². The quantitative estimate of drug-likeness (QED) is 0.586. The monoisotopic (exact) mass is 391 g/mol. The zero-order chi connectivity index (χ0) is 17.9. The molecule has 0 unspecified atom stereocenters. The van der Waals surface area contributed by atoms with E-state index in [9.17, 15) is 14.4 Å². The van der Waals surface area contributed by atoms with Crippen molar-refractivity contribution in [3.63, 3.8) is 0 Å². The van der Waals surface area contributed by atoms with Gasteiger partial charge in [-0.2, -0.15) is 0 Å². The number of hydrogen-bond acceptors (Lipinski definition) is 5. The number of thioether (sulfide) groups is 1. The van der Waals surface area contributed by atoms with Gasteiger partial charge in [-0.25, -0.2) is 9.69 Å². The molecule has 130 valence electrons. The van der Waals surface area contributed by atoms with Crippen LogP contribution in [0.5, 0.6) is 0 Å². The normalized spacial score (nSPS) is 18.8. The lowest BCUT2D eigenvalue weighted by molar-refractivity contribution is -0.401. The molecule has 2 amide bonds. The van der Waals surface area contributed by atoms with Crippen molar-refractivity contribution in [2.75, 3.05) is 17.3 Å². The Morgan fingerprint density at radius 3 is 2.75 bits per heavy atom. The summed E-state index contributed by atoms with van der Waals surface area (Å²) < 4.78 is 4.88. The Morgan fingerprint density at radius 2 is 2.12 bits per heavy atom. The van der Waals surface area contributed by atoms with Gasteiger partial charge < -0.3 is 10.5 Å². The van der Waals surface area contributed by atoms with Crippen LogP contribution in [0.4, 0.5) is 5.69 Å². The van der Waals surface area contributed by atoms with E-state index in [0.29, 0.717) is 16.5 Å². The highest BCUT2D eigenvalue weighted by Gasteiger charge is 2.40. The molecule has 0 bridgehead atoms. The van der Waals surface area contributed by atoms with Crippen molar-refractivity contribution in [2.45, 2.75) is 24.6 Å². The minimum Gasteiger partial charge on any atom is -0.462 e. The summed E-state index contributed by atoms with van der Waals surface area (Å²) in [5.74, 6) is -0.757. The van der Waals surface area contributed by atoms with E-state index < -0.39 is 17.3 Å². The fourth-order valence-corrected chi connectivity index (χ4v) is 3.59. The molecule has 9 heteroatoms. The molecule has 0 spiro atoms. The zero-order valence-electron chi connectivity index (χ0n) is 13.0. The minimum atomic E-state index is -0.586. The van der Waals surface area contributed by atoms with Crippen LogP contribution in [0, 0.1) is 0 Å². The summed E-state index contributed by atoms with van der Waals surface area (Å²) >= 11 is 13.0. The molecule has 6 nitrogen and oxygen atoms in total. The van der Waals surface area contributed by atoms with Gasteiger partial charge >= 0.3 is 5.97 Å². The highest BCUT2D eigenvalue weighted by Crippen LogP contribution is 2.33. The molecule has 0 saturated carbocycles. The Balaban J connectivity index is 2.03. The molecule has 0 aliphatic carbocycles. The highest BCUT2D eigenvalue weighted by atomic mass is 35.5. The number of imide groups is 1. The first-order chi connectivity index (χ1) is 11.3. The Bertz CT molecular complexity index is 671. The van der Waals surface area contributed by atoms with Gasteiger partial charge in [-0.1, -0.05) is 23.2 Å². The molecule has 24 heavy (non-hydrogen) atoms. The van der Waals surface area contributed by atoms with Gasteiger partial charge in [0.15, 0.2) is 6.04 Å². The van der Waals surface area contributed by atoms with Gasteiger partial charge in [-0.05, 0) is 25.1 Å². The number of halogens is 2. The number of benzene rings is 1. The molecule has 1 aromatic carbocycles. The number of ether oxygens (including phenoxy) is 1. The van der Waals surface area contributed by atoms with Crippen molar-refractivity contribution in [2.24, 2.45) is 0 Å². The number of rotatable bonds is 6.